The molecule has 0 unspecified atom stereocenters. The van der Waals surface area contributed by atoms with E-state index in [0.717, 1.165) is 23.1 Å². The van der Waals surface area contributed by atoms with Gasteiger partial charge < -0.3 is 5.32 Å². The monoisotopic (exact) mass is 248 g/mol. The minimum Gasteiger partial charge on any atom is -0.307 e. The van der Waals surface area contributed by atoms with Crippen LogP contribution >= 0.6 is 15.9 Å². The van der Waals surface area contributed by atoms with Crippen LogP contribution in [0.15, 0.2) is 28.7 Å². The fraction of sp³-hybridized carbons (Fsp3) is 0.182. The normalized spacial score (nSPS) is 14.6. The number of hydrogen-bond acceptors (Lipinski definition) is 2. The lowest BCUT2D eigenvalue weighted by molar-refractivity contribution is 0.758. The standard InChI is InChI=1S/C11H9BrN2/c12-9-1-2-10-7(4-9)3-8-5-13-6-11(8)14-10/h1-4,13H,5-6H2. The van der Waals surface area contributed by atoms with Crippen molar-refractivity contribution < 1.29 is 0 Å². The SMILES string of the molecule is Brc1ccc2nc3c(cc2c1)CNC3. The first-order valence-electron chi connectivity index (χ1n) is 4.62. The van der Waals surface area contributed by atoms with Crippen LogP contribution in [0.25, 0.3) is 10.9 Å². The van der Waals surface area contributed by atoms with Gasteiger partial charge in [0, 0.05) is 22.9 Å². The minimum absolute atomic E-state index is 0.904. The smallest absolute Gasteiger partial charge is 0.0706 e. The summed E-state index contributed by atoms with van der Waals surface area (Å²) < 4.78 is 1.11. The lowest BCUT2D eigenvalue weighted by Crippen LogP contribution is -2.00. The highest BCUT2D eigenvalue weighted by Crippen LogP contribution is 2.23. The van der Waals surface area contributed by atoms with Gasteiger partial charge in [-0.1, -0.05) is 15.9 Å². The first-order chi connectivity index (χ1) is 6.83. The fourth-order valence-corrected chi connectivity index (χ4v) is 2.23. The topological polar surface area (TPSA) is 24.9 Å². The van der Waals surface area contributed by atoms with Gasteiger partial charge in [-0.15, -0.1) is 0 Å². The quantitative estimate of drug-likeness (QED) is 0.776. The number of hydrogen-bond donors (Lipinski definition) is 1. The molecule has 1 N–H and O–H groups in total. The van der Waals surface area contributed by atoms with Crippen LogP contribution < -0.4 is 5.32 Å². The van der Waals surface area contributed by atoms with Gasteiger partial charge in [-0.05, 0) is 29.8 Å². The Kier molecular flexibility index (Phi) is 1.82. The second kappa shape index (κ2) is 3.04. The van der Waals surface area contributed by atoms with Crippen molar-refractivity contribution in [1.29, 1.82) is 0 Å². The number of nitrogens with zero attached hydrogens (tertiary/aromatic N) is 1. The van der Waals surface area contributed by atoms with Gasteiger partial charge in [0.25, 0.3) is 0 Å². The van der Waals surface area contributed by atoms with Crippen LogP contribution in [0.4, 0.5) is 0 Å². The number of halogens is 1. The third-order valence-electron chi connectivity index (χ3n) is 2.55. The molecule has 0 aliphatic carbocycles. The van der Waals surface area contributed by atoms with Gasteiger partial charge in [0.2, 0.25) is 0 Å². The summed E-state index contributed by atoms with van der Waals surface area (Å²) in [6, 6.07) is 8.42. The second-order valence-corrected chi connectivity index (χ2v) is 4.45. The van der Waals surface area contributed by atoms with E-state index in [0.29, 0.717) is 0 Å². The van der Waals surface area contributed by atoms with Gasteiger partial charge in [0.15, 0.2) is 0 Å². The van der Waals surface area contributed by atoms with Gasteiger partial charge in [-0.3, -0.25) is 4.98 Å². The largest absolute Gasteiger partial charge is 0.307 e. The molecule has 1 aliphatic heterocycles. The highest BCUT2D eigenvalue weighted by atomic mass is 79.9. The summed E-state index contributed by atoms with van der Waals surface area (Å²) in [5.74, 6) is 0. The number of nitrogens with one attached hydrogen (secondary N) is 1. The maximum Gasteiger partial charge on any atom is 0.0706 e. The third kappa shape index (κ3) is 1.24. The van der Waals surface area contributed by atoms with Crippen LogP contribution in [0.3, 0.4) is 0 Å². The van der Waals surface area contributed by atoms with E-state index in [1.807, 2.05) is 6.07 Å². The van der Waals surface area contributed by atoms with Gasteiger partial charge in [-0.25, -0.2) is 0 Å². The molecule has 0 amide bonds. The Balaban J connectivity index is 2.33. The van der Waals surface area contributed by atoms with Gasteiger partial charge >= 0.3 is 0 Å². The van der Waals surface area contributed by atoms with E-state index in [9.17, 15) is 0 Å². The molecule has 14 heavy (non-hydrogen) atoms. The highest BCUT2D eigenvalue weighted by Gasteiger charge is 2.12. The lowest BCUT2D eigenvalue weighted by Gasteiger charge is -2.01. The maximum atomic E-state index is 4.61. The first kappa shape index (κ1) is 8.38. The first-order valence-corrected chi connectivity index (χ1v) is 5.41. The third-order valence-corrected chi connectivity index (χ3v) is 3.05. The highest BCUT2D eigenvalue weighted by molar-refractivity contribution is 9.10. The number of rotatable bonds is 0. The van der Waals surface area contributed by atoms with E-state index in [1.165, 1.54) is 16.6 Å². The van der Waals surface area contributed by atoms with Crippen molar-refractivity contribution in [2.45, 2.75) is 13.1 Å². The Bertz CT molecular complexity index is 508. The van der Waals surface area contributed by atoms with Crippen LogP contribution in [0, 0.1) is 0 Å². The lowest BCUT2D eigenvalue weighted by atomic mass is 10.1. The number of aromatic nitrogens is 1. The molecule has 0 saturated heterocycles. The van der Waals surface area contributed by atoms with Crippen molar-refractivity contribution in [2.24, 2.45) is 0 Å². The van der Waals surface area contributed by atoms with E-state index >= 15 is 0 Å². The zero-order chi connectivity index (χ0) is 9.54. The van der Waals surface area contributed by atoms with Crippen molar-refractivity contribution in [3.63, 3.8) is 0 Å². The molecule has 1 aromatic carbocycles. The summed E-state index contributed by atoms with van der Waals surface area (Å²) in [4.78, 5) is 4.61. The Labute approximate surface area is 90.5 Å². The molecule has 2 nitrogen and oxygen atoms in total. The molecule has 1 aromatic heterocycles. The average molecular weight is 249 g/mol. The van der Waals surface area contributed by atoms with Crippen LogP contribution in [0.1, 0.15) is 11.3 Å². The molecule has 0 radical (unpaired) electrons. The van der Waals surface area contributed by atoms with Gasteiger partial charge in [0.05, 0.1) is 11.2 Å². The average Bonchev–Trinajstić information content (AvgIpc) is 2.61. The summed E-state index contributed by atoms with van der Waals surface area (Å²) in [7, 11) is 0. The molecule has 0 bridgehead atoms. The molecule has 70 valence electrons. The van der Waals surface area contributed by atoms with E-state index in [2.05, 4.69) is 44.4 Å². The van der Waals surface area contributed by atoms with Crippen molar-refractivity contribution in [3.8, 4) is 0 Å². The zero-order valence-corrected chi connectivity index (χ0v) is 9.13. The number of pyridine rings is 1. The van der Waals surface area contributed by atoms with Crippen molar-refractivity contribution >= 4 is 26.8 Å². The summed E-state index contributed by atoms with van der Waals surface area (Å²) in [5, 5.41) is 4.51. The van der Waals surface area contributed by atoms with Crippen molar-refractivity contribution in [2.75, 3.05) is 0 Å². The molecule has 2 aromatic rings. The van der Waals surface area contributed by atoms with E-state index in [4.69, 9.17) is 0 Å². The zero-order valence-electron chi connectivity index (χ0n) is 7.55. The Morgan fingerprint density at radius 3 is 3.07 bits per heavy atom. The fourth-order valence-electron chi connectivity index (χ4n) is 1.85. The molecular weight excluding hydrogens is 240 g/mol. The summed E-state index contributed by atoms with van der Waals surface area (Å²) in [6.07, 6.45) is 0. The summed E-state index contributed by atoms with van der Waals surface area (Å²) in [5.41, 5.74) is 3.60. The van der Waals surface area contributed by atoms with Crippen LogP contribution in [-0.4, -0.2) is 4.98 Å². The summed E-state index contributed by atoms with van der Waals surface area (Å²) >= 11 is 3.47. The molecule has 0 atom stereocenters. The van der Waals surface area contributed by atoms with Crippen LogP contribution in [0.2, 0.25) is 0 Å². The van der Waals surface area contributed by atoms with Crippen molar-refractivity contribution in [3.05, 3.63) is 40.0 Å². The van der Waals surface area contributed by atoms with E-state index in [1.54, 1.807) is 0 Å². The Morgan fingerprint density at radius 1 is 1.21 bits per heavy atom. The van der Waals surface area contributed by atoms with Crippen LogP contribution in [-0.2, 0) is 13.1 Å². The van der Waals surface area contributed by atoms with Crippen LogP contribution in [0.5, 0.6) is 0 Å². The molecule has 3 heteroatoms. The summed E-state index contributed by atoms with van der Waals surface area (Å²) in [6.45, 7) is 1.85. The minimum atomic E-state index is 0.904. The number of benzene rings is 1. The molecule has 0 spiro atoms. The van der Waals surface area contributed by atoms with Crippen molar-refractivity contribution in [1.82, 2.24) is 10.3 Å². The second-order valence-electron chi connectivity index (χ2n) is 3.53. The molecule has 1 aliphatic rings. The molecule has 0 fully saturated rings. The van der Waals surface area contributed by atoms with E-state index in [-0.39, 0.29) is 0 Å². The van der Waals surface area contributed by atoms with Gasteiger partial charge in [0.1, 0.15) is 0 Å². The van der Waals surface area contributed by atoms with Gasteiger partial charge in [-0.2, -0.15) is 0 Å². The Hall–Kier alpha value is -0.930. The molecular formula is C11H9BrN2. The number of fused-ring (bicyclic) bond motifs is 2. The van der Waals surface area contributed by atoms with E-state index < -0.39 is 0 Å². The predicted molar refractivity (Wildman–Crippen MR) is 60.0 cm³/mol. The Morgan fingerprint density at radius 2 is 2.14 bits per heavy atom. The maximum absolute atomic E-state index is 4.61. The predicted octanol–water partition coefficient (Wildman–Crippen LogP) is 2.60. The molecule has 2 heterocycles. The molecule has 3 rings (SSSR count). The molecule has 0 saturated carbocycles.